The van der Waals surface area contributed by atoms with Crippen LogP contribution in [0, 0.1) is 4.77 Å². The largest absolute Gasteiger partial charge is 0.486 e. The number of nitrogens with one attached hydrogen (secondary N) is 1. The number of benzene rings is 1. The highest BCUT2D eigenvalue weighted by Gasteiger charge is 2.16. The van der Waals surface area contributed by atoms with Crippen molar-refractivity contribution in [3.05, 3.63) is 29.3 Å². The van der Waals surface area contributed by atoms with E-state index in [0.717, 1.165) is 11.4 Å². The average Bonchev–Trinajstić information content (AvgIpc) is 2.75. The molecule has 5 nitrogen and oxygen atoms in total. The summed E-state index contributed by atoms with van der Waals surface area (Å²) in [7, 11) is 0. The van der Waals surface area contributed by atoms with Gasteiger partial charge in [0.25, 0.3) is 0 Å². The van der Waals surface area contributed by atoms with E-state index < -0.39 is 0 Å². The molecule has 0 saturated heterocycles. The van der Waals surface area contributed by atoms with Crippen LogP contribution in [-0.2, 0) is 0 Å². The number of H-pyrrole nitrogens is 1. The van der Waals surface area contributed by atoms with Gasteiger partial charge in [-0.05, 0) is 24.4 Å². The zero-order valence-corrected chi connectivity index (χ0v) is 9.16. The average molecular weight is 235 g/mol. The van der Waals surface area contributed by atoms with Crippen molar-refractivity contribution in [2.24, 2.45) is 0 Å². The van der Waals surface area contributed by atoms with Gasteiger partial charge >= 0.3 is 0 Å². The van der Waals surface area contributed by atoms with Gasteiger partial charge in [-0.25, -0.2) is 0 Å². The number of rotatable bonds is 1. The lowest BCUT2D eigenvalue weighted by atomic mass is 10.2. The number of hydrogen-bond donors (Lipinski definition) is 1. The fourth-order valence-electron chi connectivity index (χ4n) is 1.67. The van der Waals surface area contributed by atoms with Gasteiger partial charge in [0.15, 0.2) is 16.3 Å². The molecule has 0 fully saturated rings. The van der Waals surface area contributed by atoms with Crippen molar-refractivity contribution in [2.75, 3.05) is 13.2 Å². The highest BCUT2D eigenvalue weighted by molar-refractivity contribution is 7.71. The van der Waals surface area contributed by atoms with Gasteiger partial charge in [0.05, 0.1) is 5.69 Å². The van der Waals surface area contributed by atoms with E-state index in [1.165, 1.54) is 0 Å². The Bertz CT molecular complexity index is 575. The van der Waals surface area contributed by atoms with Crippen LogP contribution >= 0.6 is 12.2 Å². The molecule has 0 spiro atoms. The Balaban J connectivity index is 2.21. The molecular weight excluding hydrogens is 226 g/mol. The third kappa shape index (κ3) is 1.38. The van der Waals surface area contributed by atoms with Crippen LogP contribution in [0.4, 0.5) is 0 Å². The van der Waals surface area contributed by atoms with Gasteiger partial charge < -0.3 is 9.47 Å². The van der Waals surface area contributed by atoms with Crippen molar-refractivity contribution < 1.29 is 9.47 Å². The number of nitrogens with zero attached hydrogens (tertiary/aromatic N) is 2. The van der Waals surface area contributed by atoms with E-state index in [4.69, 9.17) is 21.7 Å². The Morgan fingerprint density at radius 2 is 2.19 bits per heavy atom. The summed E-state index contributed by atoms with van der Waals surface area (Å²) in [6.07, 6.45) is 1.62. The Morgan fingerprint density at radius 1 is 1.31 bits per heavy atom. The van der Waals surface area contributed by atoms with Crippen molar-refractivity contribution in [3.63, 3.8) is 0 Å². The van der Waals surface area contributed by atoms with E-state index in [2.05, 4.69) is 10.2 Å². The molecular formula is C10H9N3O2S. The molecule has 1 aliphatic rings. The maximum atomic E-state index is 5.60. The fourth-order valence-corrected chi connectivity index (χ4v) is 1.87. The maximum Gasteiger partial charge on any atom is 0.199 e. The first-order chi connectivity index (χ1) is 7.86. The van der Waals surface area contributed by atoms with E-state index in [0.29, 0.717) is 23.7 Å². The smallest absolute Gasteiger partial charge is 0.199 e. The highest BCUT2D eigenvalue weighted by atomic mass is 32.1. The second kappa shape index (κ2) is 3.64. The SMILES string of the molecule is S=c1[nH]ncn1-c1cccc2c1OCCO2. The predicted molar refractivity (Wildman–Crippen MR) is 59.7 cm³/mol. The quantitative estimate of drug-likeness (QED) is 0.764. The number of para-hydroxylation sites is 1. The first-order valence-electron chi connectivity index (χ1n) is 4.87. The molecule has 0 bridgehead atoms. The van der Waals surface area contributed by atoms with Gasteiger partial charge in [-0.1, -0.05) is 6.07 Å². The van der Waals surface area contributed by atoms with E-state index in [-0.39, 0.29) is 0 Å². The second-order valence-electron chi connectivity index (χ2n) is 3.33. The zero-order valence-electron chi connectivity index (χ0n) is 8.34. The maximum absolute atomic E-state index is 5.60. The van der Waals surface area contributed by atoms with Crippen LogP contribution in [0.15, 0.2) is 24.5 Å². The Morgan fingerprint density at radius 3 is 3.00 bits per heavy atom. The third-order valence-electron chi connectivity index (χ3n) is 2.36. The van der Waals surface area contributed by atoms with Crippen LogP contribution in [0.1, 0.15) is 0 Å². The number of hydrogen-bond acceptors (Lipinski definition) is 4. The summed E-state index contributed by atoms with van der Waals surface area (Å²) < 4.78 is 13.4. The molecule has 1 N–H and O–H groups in total. The summed E-state index contributed by atoms with van der Waals surface area (Å²) >= 11 is 5.12. The van der Waals surface area contributed by atoms with Crippen LogP contribution < -0.4 is 9.47 Å². The van der Waals surface area contributed by atoms with Gasteiger partial charge in [-0.15, -0.1) is 0 Å². The van der Waals surface area contributed by atoms with Crippen LogP contribution in [0.2, 0.25) is 0 Å². The number of fused-ring (bicyclic) bond motifs is 1. The molecule has 1 aromatic carbocycles. The molecule has 2 heterocycles. The minimum Gasteiger partial charge on any atom is -0.486 e. The summed E-state index contributed by atoms with van der Waals surface area (Å²) in [6.45, 7) is 1.13. The second-order valence-corrected chi connectivity index (χ2v) is 3.72. The molecule has 0 unspecified atom stereocenters. The summed E-state index contributed by atoms with van der Waals surface area (Å²) in [6, 6.07) is 5.69. The standard InChI is InChI=1S/C10H9N3O2S/c16-10-12-11-6-13(10)7-2-1-3-8-9(7)15-5-4-14-8/h1-3,6H,4-5H2,(H,12,16). The molecule has 0 radical (unpaired) electrons. The first-order valence-corrected chi connectivity index (χ1v) is 5.28. The van der Waals surface area contributed by atoms with Crippen LogP contribution in [0.5, 0.6) is 11.5 Å². The lowest BCUT2D eigenvalue weighted by Gasteiger charge is -2.20. The number of aromatic amines is 1. The lowest BCUT2D eigenvalue weighted by molar-refractivity contribution is 0.171. The van der Waals surface area contributed by atoms with E-state index in [9.17, 15) is 0 Å². The molecule has 0 aliphatic carbocycles. The third-order valence-corrected chi connectivity index (χ3v) is 2.65. The number of ether oxygens (including phenoxy) is 2. The van der Waals surface area contributed by atoms with Crippen molar-refractivity contribution in [1.82, 2.24) is 14.8 Å². The summed E-state index contributed by atoms with van der Waals surface area (Å²) in [5.74, 6) is 1.46. The van der Waals surface area contributed by atoms with Gasteiger partial charge in [0.1, 0.15) is 19.5 Å². The summed E-state index contributed by atoms with van der Waals surface area (Å²) in [5, 5.41) is 6.59. The van der Waals surface area contributed by atoms with Gasteiger partial charge in [-0.3, -0.25) is 9.67 Å². The van der Waals surface area contributed by atoms with Crippen molar-refractivity contribution in [2.45, 2.75) is 0 Å². The zero-order chi connectivity index (χ0) is 11.0. The normalized spacial score (nSPS) is 13.8. The molecule has 6 heteroatoms. The van der Waals surface area contributed by atoms with E-state index in [1.54, 1.807) is 10.9 Å². The Labute approximate surface area is 96.6 Å². The minimum atomic E-state index is 0.530. The molecule has 2 aromatic rings. The highest BCUT2D eigenvalue weighted by Crippen LogP contribution is 2.35. The van der Waals surface area contributed by atoms with E-state index in [1.807, 2.05) is 18.2 Å². The molecule has 16 heavy (non-hydrogen) atoms. The van der Waals surface area contributed by atoms with Crippen molar-refractivity contribution >= 4 is 12.2 Å². The Kier molecular flexibility index (Phi) is 2.14. The monoisotopic (exact) mass is 235 g/mol. The molecule has 3 rings (SSSR count). The topological polar surface area (TPSA) is 52.1 Å². The van der Waals surface area contributed by atoms with Gasteiger partial charge in [0, 0.05) is 0 Å². The molecule has 1 aromatic heterocycles. The van der Waals surface area contributed by atoms with Crippen LogP contribution in [0.3, 0.4) is 0 Å². The van der Waals surface area contributed by atoms with Crippen LogP contribution in [-0.4, -0.2) is 28.0 Å². The van der Waals surface area contributed by atoms with Gasteiger partial charge in [0.2, 0.25) is 0 Å². The number of aromatic nitrogens is 3. The van der Waals surface area contributed by atoms with E-state index >= 15 is 0 Å². The lowest BCUT2D eigenvalue weighted by Crippen LogP contribution is -2.16. The first kappa shape index (κ1) is 9.41. The molecule has 0 amide bonds. The fraction of sp³-hybridized carbons (Fsp3) is 0.200. The molecule has 0 saturated carbocycles. The minimum absolute atomic E-state index is 0.530. The summed E-state index contributed by atoms with van der Waals surface area (Å²) in [5.41, 5.74) is 0.843. The van der Waals surface area contributed by atoms with Crippen LogP contribution in [0.25, 0.3) is 5.69 Å². The van der Waals surface area contributed by atoms with Gasteiger partial charge in [-0.2, -0.15) is 5.10 Å². The van der Waals surface area contributed by atoms with Crippen molar-refractivity contribution in [1.29, 1.82) is 0 Å². The molecule has 0 atom stereocenters. The summed E-state index contributed by atoms with van der Waals surface area (Å²) in [4.78, 5) is 0. The van der Waals surface area contributed by atoms with Crippen molar-refractivity contribution in [3.8, 4) is 17.2 Å². The molecule has 1 aliphatic heterocycles. The Hall–Kier alpha value is -1.82. The molecule has 82 valence electrons. The predicted octanol–water partition coefficient (Wildman–Crippen LogP) is 1.70.